The molecule has 2 rings (SSSR count). The number of carbonyl (C=O) groups is 2. The van der Waals surface area contributed by atoms with Gasteiger partial charge in [0.2, 0.25) is 0 Å². The summed E-state index contributed by atoms with van der Waals surface area (Å²) in [4.78, 5) is 24.7. The van der Waals surface area contributed by atoms with Crippen molar-refractivity contribution in [1.29, 1.82) is 0 Å². The maximum absolute atomic E-state index is 11.9. The molecule has 0 saturated carbocycles. The number of nitrogens with zero attached hydrogens (tertiary/aromatic N) is 1. The van der Waals surface area contributed by atoms with Gasteiger partial charge in [0.15, 0.2) is 0 Å². The van der Waals surface area contributed by atoms with Crippen molar-refractivity contribution in [3.05, 3.63) is 53.1 Å². The Bertz CT molecular complexity index is 570. The van der Waals surface area contributed by atoms with E-state index < -0.39 is 0 Å². The summed E-state index contributed by atoms with van der Waals surface area (Å²) in [7, 11) is 0. The molecule has 2 amide bonds. The molecule has 3 heteroatoms. The maximum atomic E-state index is 11.9. The molecule has 0 atom stereocenters. The van der Waals surface area contributed by atoms with Crippen molar-refractivity contribution in [2.75, 3.05) is 6.54 Å². The smallest absolute Gasteiger partial charge is 0.253 e. The second-order valence-electron chi connectivity index (χ2n) is 4.70. The lowest BCUT2D eigenvalue weighted by atomic mass is 10.1. The summed E-state index contributed by atoms with van der Waals surface area (Å²) in [5, 5.41) is 0. The van der Waals surface area contributed by atoms with E-state index in [-0.39, 0.29) is 11.8 Å². The molecule has 98 valence electrons. The Morgan fingerprint density at radius 3 is 2.74 bits per heavy atom. The summed E-state index contributed by atoms with van der Waals surface area (Å²) in [5.41, 5.74) is 3.38. The predicted molar refractivity (Wildman–Crippen MR) is 75.4 cm³/mol. The van der Waals surface area contributed by atoms with E-state index in [0.717, 1.165) is 12.0 Å². The van der Waals surface area contributed by atoms with Gasteiger partial charge in [-0.05, 0) is 49.1 Å². The molecule has 0 aromatic heterocycles. The minimum Gasteiger partial charge on any atom is -0.275 e. The van der Waals surface area contributed by atoms with Gasteiger partial charge >= 0.3 is 0 Å². The third-order valence-electron chi connectivity index (χ3n) is 3.26. The molecule has 19 heavy (non-hydrogen) atoms. The van der Waals surface area contributed by atoms with Crippen LogP contribution in [0.5, 0.6) is 0 Å². The summed E-state index contributed by atoms with van der Waals surface area (Å²) in [6.45, 7) is 4.55. The Balaban J connectivity index is 2.09. The molecule has 1 aliphatic heterocycles. The van der Waals surface area contributed by atoms with Crippen LogP contribution in [-0.4, -0.2) is 23.3 Å². The van der Waals surface area contributed by atoms with E-state index in [1.807, 2.05) is 32.0 Å². The number of aryl methyl sites for hydroxylation is 2. The monoisotopic (exact) mass is 255 g/mol. The largest absolute Gasteiger partial charge is 0.275 e. The molecular weight excluding hydrogens is 238 g/mol. The quantitative estimate of drug-likeness (QED) is 0.762. The van der Waals surface area contributed by atoms with Gasteiger partial charge in [-0.2, -0.15) is 0 Å². The number of rotatable bonds is 2. The Morgan fingerprint density at radius 2 is 2.05 bits per heavy atom. The van der Waals surface area contributed by atoms with Crippen LogP contribution in [0.2, 0.25) is 0 Å². The van der Waals surface area contributed by atoms with E-state index in [4.69, 9.17) is 0 Å². The van der Waals surface area contributed by atoms with Crippen LogP contribution in [0, 0.1) is 13.8 Å². The first-order valence-corrected chi connectivity index (χ1v) is 6.35. The fourth-order valence-corrected chi connectivity index (χ4v) is 1.93. The molecule has 1 heterocycles. The Hall–Kier alpha value is -2.16. The van der Waals surface area contributed by atoms with Gasteiger partial charge in [-0.15, -0.1) is 0 Å². The van der Waals surface area contributed by atoms with Gasteiger partial charge in [-0.3, -0.25) is 14.5 Å². The van der Waals surface area contributed by atoms with Gasteiger partial charge in [-0.1, -0.05) is 24.3 Å². The standard InChI is InChI=1S/C16H17NO2/c1-12-6-7-14(11-13(12)2)8-9-16(19)17-10-4-3-5-15(17)18/h3,5-9,11H,4,10H2,1-2H3/b9-8+. The number of amides is 2. The fourth-order valence-electron chi connectivity index (χ4n) is 1.93. The van der Waals surface area contributed by atoms with Crippen LogP contribution in [0.25, 0.3) is 6.08 Å². The summed E-state index contributed by atoms with van der Waals surface area (Å²) in [6.07, 6.45) is 7.18. The van der Waals surface area contributed by atoms with Crippen molar-refractivity contribution in [3.63, 3.8) is 0 Å². The lowest BCUT2D eigenvalue weighted by molar-refractivity contribution is -0.139. The Kier molecular flexibility index (Phi) is 3.95. The summed E-state index contributed by atoms with van der Waals surface area (Å²) in [5.74, 6) is -0.492. The SMILES string of the molecule is Cc1ccc(/C=C/C(=O)N2CCC=CC2=O)cc1C. The third-order valence-corrected chi connectivity index (χ3v) is 3.26. The van der Waals surface area contributed by atoms with E-state index >= 15 is 0 Å². The van der Waals surface area contributed by atoms with Crippen LogP contribution in [0.15, 0.2) is 36.4 Å². The average molecular weight is 255 g/mol. The predicted octanol–water partition coefficient (Wildman–Crippen LogP) is 2.63. The number of benzene rings is 1. The third kappa shape index (κ3) is 3.19. The Labute approximate surface area is 113 Å². The van der Waals surface area contributed by atoms with E-state index in [0.29, 0.717) is 6.54 Å². The molecule has 3 nitrogen and oxygen atoms in total. The van der Waals surface area contributed by atoms with Crippen LogP contribution in [0.4, 0.5) is 0 Å². The van der Waals surface area contributed by atoms with Gasteiger partial charge in [0.1, 0.15) is 0 Å². The van der Waals surface area contributed by atoms with E-state index in [2.05, 4.69) is 0 Å². The molecule has 0 saturated heterocycles. The van der Waals surface area contributed by atoms with Crippen LogP contribution < -0.4 is 0 Å². The molecule has 0 unspecified atom stereocenters. The highest BCUT2D eigenvalue weighted by molar-refractivity contribution is 6.06. The van der Waals surface area contributed by atoms with Crippen LogP contribution in [-0.2, 0) is 9.59 Å². The molecule has 0 radical (unpaired) electrons. The summed E-state index contributed by atoms with van der Waals surface area (Å²) in [6, 6.07) is 6.01. The molecule has 0 bridgehead atoms. The molecule has 0 fully saturated rings. The second-order valence-corrected chi connectivity index (χ2v) is 4.70. The number of hydrogen-bond acceptors (Lipinski definition) is 2. The van der Waals surface area contributed by atoms with Gasteiger partial charge in [-0.25, -0.2) is 0 Å². The normalized spacial score (nSPS) is 15.3. The van der Waals surface area contributed by atoms with Crippen molar-refractivity contribution in [2.24, 2.45) is 0 Å². The molecule has 1 aliphatic rings. The lowest BCUT2D eigenvalue weighted by Crippen LogP contribution is -2.37. The minimum absolute atomic E-state index is 0.235. The minimum atomic E-state index is -0.257. The van der Waals surface area contributed by atoms with Gasteiger partial charge in [0, 0.05) is 12.6 Å². The van der Waals surface area contributed by atoms with Gasteiger partial charge in [0.05, 0.1) is 0 Å². The zero-order valence-corrected chi connectivity index (χ0v) is 11.2. The fraction of sp³-hybridized carbons (Fsp3) is 0.250. The zero-order chi connectivity index (χ0) is 13.8. The van der Waals surface area contributed by atoms with Gasteiger partial charge in [0.25, 0.3) is 11.8 Å². The molecule has 1 aromatic rings. The van der Waals surface area contributed by atoms with E-state index in [1.54, 1.807) is 12.2 Å². The van der Waals surface area contributed by atoms with Crippen molar-refractivity contribution in [3.8, 4) is 0 Å². The van der Waals surface area contributed by atoms with Crippen LogP contribution >= 0.6 is 0 Å². The average Bonchev–Trinajstić information content (AvgIpc) is 2.40. The van der Waals surface area contributed by atoms with Gasteiger partial charge < -0.3 is 0 Å². The molecular formula is C16H17NO2. The summed E-state index contributed by atoms with van der Waals surface area (Å²) >= 11 is 0. The highest BCUT2D eigenvalue weighted by Crippen LogP contribution is 2.12. The molecule has 0 aliphatic carbocycles. The number of hydrogen-bond donors (Lipinski definition) is 0. The molecule has 0 N–H and O–H groups in total. The van der Waals surface area contributed by atoms with Crippen molar-refractivity contribution >= 4 is 17.9 Å². The first kappa shape index (κ1) is 13.3. The lowest BCUT2D eigenvalue weighted by Gasteiger charge is -2.19. The van der Waals surface area contributed by atoms with Crippen LogP contribution in [0.3, 0.4) is 0 Å². The zero-order valence-electron chi connectivity index (χ0n) is 11.2. The van der Waals surface area contributed by atoms with Crippen LogP contribution in [0.1, 0.15) is 23.1 Å². The maximum Gasteiger partial charge on any atom is 0.253 e. The molecule has 0 spiro atoms. The Morgan fingerprint density at radius 1 is 1.26 bits per heavy atom. The number of carbonyl (C=O) groups excluding carboxylic acids is 2. The van der Waals surface area contributed by atoms with Crippen molar-refractivity contribution in [2.45, 2.75) is 20.3 Å². The first-order valence-electron chi connectivity index (χ1n) is 6.35. The summed E-state index contributed by atoms with van der Waals surface area (Å²) < 4.78 is 0. The van der Waals surface area contributed by atoms with Crippen molar-refractivity contribution < 1.29 is 9.59 Å². The van der Waals surface area contributed by atoms with E-state index in [1.165, 1.54) is 28.2 Å². The van der Waals surface area contributed by atoms with E-state index in [9.17, 15) is 9.59 Å². The topological polar surface area (TPSA) is 37.4 Å². The highest BCUT2D eigenvalue weighted by atomic mass is 16.2. The molecule has 1 aromatic carbocycles. The van der Waals surface area contributed by atoms with Crippen molar-refractivity contribution in [1.82, 2.24) is 4.90 Å². The second kappa shape index (κ2) is 5.65. The first-order chi connectivity index (χ1) is 9.08. The highest BCUT2D eigenvalue weighted by Gasteiger charge is 2.18. The number of imide groups is 1.